The van der Waals surface area contributed by atoms with Crippen LogP contribution in [0.5, 0.6) is 0 Å². The fraction of sp³-hybridized carbons (Fsp3) is 1.00. The van der Waals surface area contributed by atoms with Crippen molar-refractivity contribution >= 4 is 0 Å². The van der Waals surface area contributed by atoms with E-state index in [1.165, 1.54) is 0 Å². The Labute approximate surface area is 50.8 Å². The van der Waals surface area contributed by atoms with Crippen molar-refractivity contribution in [3.05, 3.63) is 0 Å². The second-order valence-corrected chi connectivity index (χ2v) is 2.07. The van der Waals surface area contributed by atoms with Crippen LogP contribution < -0.4 is 0 Å². The van der Waals surface area contributed by atoms with Crippen LogP contribution in [0.2, 0.25) is 0 Å². The van der Waals surface area contributed by atoms with Gasteiger partial charge in [0.2, 0.25) is 0 Å². The number of halogens is 3. The van der Waals surface area contributed by atoms with E-state index in [2.05, 4.69) is 4.74 Å². The van der Waals surface area contributed by atoms with Crippen molar-refractivity contribution in [1.29, 1.82) is 0 Å². The molecule has 0 aromatic carbocycles. The van der Waals surface area contributed by atoms with Gasteiger partial charge in [0.25, 0.3) is 0 Å². The van der Waals surface area contributed by atoms with Crippen molar-refractivity contribution in [2.45, 2.75) is 18.5 Å². The van der Waals surface area contributed by atoms with Gasteiger partial charge in [0.1, 0.15) is 6.61 Å². The molecule has 0 aromatic rings. The predicted octanol–water partition coefficient (Wildman–Crippen LogP) is 1.38. The quantitative estimate of drug-likeness (QED) is 0.494. The molecule has 4 heteroatoms. The molecule has 1 saturated heterocycles. The second kappa shape index (κ2) is 2.17. The first-order valence-corrected chi connectivity index (χ1v) is 2.72. The van der Waals surface area contributed by atoms with Gasteiger partial charge in [0.15, 0.2) is 6.17 Å². The van der Waals surface area contributed by atoms with Gasteiger partial charge >= 0.3 is 5.92 Å². The zero-order valence-corrected chi connectivity index (χ0v) is 4.74. The van der Waals surface area contributed by atoms with Gasteiger partial charge in [-0.05, 0) is 0 Å². The molecule has 1 aliphatic heterocycles. The molecule has 1 atom stereocenters. The molecule has 1 fully saturated rings. The number of ether oxygens (including phenoxy) is 1. The number of hydrogen-bond donors (Lipinski definition) is 0. The minimum Gasteiger partial charge on any atom is -0.375 e. The van der Waals surface area contributed by atoms with Crippen LogP contribution in [0.1, 0.15) is 6.42 Å². The summed E-state index contributed by atoms with van der Waals surface area (Å²) < 4.78 is 40.7. The van der Waals surface area contributed by atoms with E-state index in [-0.39, 0.29) is 13.0 Å². The fourth-order valence-corrected chi connectivity index (χ4v) is 0.697. The van der Waals surface area contributed by atoms with E-state index in [1.807, 2.05) is 0 Å². The molecule has 0 aliphatic carbocycles. The third-order valence-corrected chi connectivity index (χ3v) is 1.27. The van der Waals surface area contributed by atoms with E-state index in [9.17, 15) is 13.2 Å². The SMILES string of the molecule is FC1CCOCC1(F)F. The van der Waals surface area contributed by atoms with E-state index >= 15 is 0 Å². The molecule has 1 heterocycles. The standard InChI is InChI=1S/C5H7F3O/c6-4-1-2-9-3-5(4,7)8/h4H,1-3H2. The van der Waals surface area contributed by atoms with Crippen LogP contribution in [-0.4, -0.2) is 25.3 Å². The Morgan fingerprint density at radius 3 is 2.44 bits per heavy atom. The third kappa shape index (κ3) is 1.36. The van der Waals surface area contributed by atoms with Crippen LogP contribution in [0, 0.1) is 0 Å². The molecule has 0 N–H and O–H groups in total. The number of rotatable bonds is 0. The molecule has 9 heavy (non-hydrogen) atoms. The molecule has 1 rings (SSSR count). The normalized spacial score (nSPS) is 34.3. The Bertz CT molecular complexity index is 104. The topological polar surface area (TPSA) is 9.23 Å². The molecular weight excluding hydrogens is 133 g/mol. The van der Waals surface area contributed by atoms with Crippen LogP contribution in [-0.2, 0) is 4.74 Å². The summed E-state index contributed by atoms with van der Waals surface area (Å²) in [5, 5.41) is 0. The van der Waals surface area contributed by atoms with E-state index < -0.39 is 18.7 Å². The number of alkyl halides is 3. The summed E-state index contributed by atoms with van der Waals surface area (Å²) in [6, 6.07) is 0. The van der Waals surface area contributed by atoms with Gasteiger partial charge in [0.05, 0.1) is 0 Å². The van der Waals surface area contributed by atoms with E-state index in [1.54, 1.807) is 0 Å². The lowest BCUT2D eigenvalue weighted by Gasteiger charge is -2.25. The van der Waals surface area contributed by atoms with Gasteiger partial charge in [-0.3, -0.25) is 0 Å². The first kappa shape index (κ1) is 6.86. The first-order chi connectivity index (χ1) is 4.13. The van der Waals surface area contributed by atoms with Crippen molar-refractivity contribution in [3.8, 4) is 0 Å². The monoisotopic (exact) mass is 140 g/mol. The van der Waals surface area contributed by atoms with Gasteiger partial charge in [-0.25, -0.2) is 13.2 Å². The Kier molecular flexibility index (Phi) is 1.66. The minimum absolute atomic E-state index is 0.108. The summed E-state index contributed by atoms with van der Waals surface area (Å²) in [5.74, 6) is -3.25. The van der Waals surface area contributed by atoms with Crippen LogP contribution in [0.25, 0.3) is 0 Å². The third-order valence-electron chi connectivity index (χ3n) is 1.27. The zero-order chi connectivity index (χ0) is 6.91. The average Bonchev–Trinajstić information content (AvgIpc) is 1.77. The van der Waals surface area contributed by atoms with Crippen LogP contribution in [0.15, 0.2) is 0 Å². The predicted molar refractivity (Wildman–Crippen MR) is 25.3 cm³/mol. The maximum absolute atomic E-state index is 12.1. The summed E-state index contributed by atoms with van der Waals surface area (Å²) >= 11 is 0. The molecule has 1 unspecified atom stereocenters. The molecule has 0 amide bonds. The summed E-state index contributed by atoms with van der Waals surface area (Å²) in [7, 11) is 0. The van der Waals surface area contributed by atoms with E-state index in [0.717, 1.165) is 0 Å². The maximum atomic E-state index is 12.1. The lowest BCUT2D eigenvalue weighted by atomic mass is 10.1. The Morgan fingerprint density at radius 2 is 2.11 bits per heavy atom. The van der Waals surface area contributed by atoms with Gasteiger partial charge in [-0.15, -0.1) is 0 Å². The number of hydrogen-bond acceptors (Lipinski definition) is 1. The molecule has 0 radical (unpaired) electrons. The molecule has 1 aliphatic rings. The van der Waals surface area contributed by atoms with E-state index in [0.29, 0.717) is 0 Å². The highest BCUT2D eigenvalue weighted by molar-refractivity contribution is 4.79. The highest BCUT2D eigenvalue weighted by Crippen LogP contribution is 2.27. The van der Waals surface area contributed by atoms with Crippen molar-refractivity contribution in [1.82, 2.24) is 0 Å². The van der Waals surface area contributed by atoms with Gasteiger partial charge in [-0.2, -0.15) is 0 Å². The smallest absolute Gasteiger partial charge is 0.301 e. The molecule has 0 spiro atoms. The van der Waals surface area contributed by atoms with Crippen molar-refractivity contribution in [2.75, 3.05) is 13.2 Å². The summed E-state index contributed by atoms with van der Waals surface area (Å²) in [4.78, 5) is 0. The largest absolute Gasteiger partial charge is 0.375 e. The van der Waals surface area contributed by atoms with Crippen LogP contribution in [0.4, 0.5) is 13.2 Å². The summed E-state index contributed by atoms with van der Waals surface area (Å²) in [6.45, 7) is -0.662. The molecule has 0 saturated carbocycles. The Hall–Kier alpha value is -0.250. The summed E-state index contributed by atoms with van der Waals surface area (Å²) in [5.41, 5.74) is 0. The molecule has 1 nitrogen and oxygen atoms in total. The van der Waals surface area contributed by atoms with E-state index in [4.69, 9.17) is 0 Å². The van der Waals surface area contributed by atoms with Crippen LogP contribution >= 0.6 is 0 Å². The second-order valence-electron chi connectivity index (χ2n) is 2.07. The molecule has 0 bridgehead atoms. The highest BCUT2D eigenvalue weighted by Gasteiger charge is 2.42. The molecule has 54 valence electrons. The van der Waals surface area contributed by atoms with Crippen LogP contribution in [0.3, 0.4) is 0 Å². The average molecular weight is 140 g/mol. The summed E-state index contributed by atoms with van der Waals surface area (Å²) in [6.07, 6.45) is -2.20. The highest BCUT2D eigenvalue weighted by atomic mass is 19.3. The fourth-order valence-electron chi connectivity index (χ4n) is 0.697. The van der Waals surface area contributed by atoms with Gasteiger partial charge < -0.3 is 4.74 Å². The van der Waals surface area contributed by atoms with Gasteiger partial charge in [0, 0.05) is 13.0 Å². The lowest BCUT2D eigenvalue weighted by molar-refractivity contribution is -0.160. The van der Waals surface area contributed by atoms with Crippen molar-refractivity contribution < 1.29 is 17.9 Å². The minimum atomic E-state index is -3.25. The van der Waals surface area contributed by atoms with Crippen molar-refractivity contribution in [3.63, 3.8) is 0 Å². The van der Waals surface area contributed by atoms with Crippen molar-refractivity contribution in [2.24, 2.45) is 0 Å². The lowest BCUT2D eigenvalue weighted by Crippen LogP contribution is -2.40. The zero-order valence-electron chi connectivity index (χ0n) is 4.74. The molecule has 0 aromatic heterocycles. The first-order valence-electron chi connectivity index (χ1n) is 2.72. The Morgan fingerprint density at radius 1 is 1.44 bits per heavy atom. The maximum Gasteiger partial charge on any atom is 0.301 e. The van der Waals surface area contributed by atoms with Gasteiger partial charge in [-0.1, -0.05) is 0 Å². The Balaban J connectivity index is 2.49. The molecular formula is C5H7F3O.